The van der Waals surface area contributed by atoms with Crippen LogP contribution in [0.3, 0.4) is 0 Å². The van der Waals surface area contributed by atoms with E-state index in [9.17, 15) is 9.59 Å². The summed E-state index contributed by atoms with van der Waals surface area (Å²) in [5.41, 5.74) is 2.64. The molecule has 0 aliphatic rings. The van der Waals surface area contributed by atoms with E-state index in [0.29, 0.717) is 12.1 Å². The first-order chi connectivity index (χ1) is 13.1. The Morgan fingerprint density at radius 2 is 1.74 bits per heavy atom. The minimum Gasteiger partial charge on any atom is -0.450 e. The lowest BCUT2D eigenvalue weighted by molar-refractivity contribution is -0.125. The third kappa shape index (κ3) is 5.28. The molecule has 0 aliphatic carbocycles. The molecule has 6 nitrogen and oxygen atoms in total. The lowest BCUT2D eigenvalue weighted by Gasteiger charge is -2.19. The minimum atomic E-state index is -0.718. The van der Waals surface area contributed by atoms with Crippen LogP contribution >= 0.6 is 0 Å². The van der Waals surface area contributed by atoms with Gasteiger partial charge in [-0.15, -0.1) is 0 Å². The number of nitrogens with zero attached hydrogens (tertiary/aromatic N) is 1. The van der Waals surface area contributed by atoms with Crippen LogP contribution in [0.2, 0.25) is 0 Å². The van der Waals surface area contributed by atoms with E-state index in [2.05, 4.69) is 10.5 Å². The third-order valence-corrected chi connectivity index (χ3v) is 3.98. The molecule has 1 heterocycles. The van der Waals surface area contributed by atoms with Gasteiger partial charge in [0.05, 0.1) is 11.7 Å². The first kappa shape index (κ1) is 18.4. The lowest BCUT2D eigenvalue weighted by atomic mass is 9.99. The van der Waals surface area contributed by atoms with E-state index in [1.165, 1.54) is 6.07 Å². The van der Waals surface area contributed by atoms with Gasteiger partial charge in [0.2, 0.25) is 5.76 Å². The molecule has 1 aromatic heterocycles. The average molecular weight is 364 g/mol. The van der Waals surface area contributed by atoms with Gasteiger partial charge in [0, 0.05) is 6.07 Å². The number of carbonyl (C=O) groups is 2. The Hall–Kier alpha value is -3.41. The number of amides is 1. The SMILES string of the molecule is Cc1cc(C(=O)OCC(=O)NC(Cc2ccccc2)c2ccccc2)on1. The summed E-state index contributed by atoms with van der Waals surface area (Å²) >= 11 is 0. The lowest BCUT2D eigenvalue weighted by Crippen LogP contribution is -2.33. The monoisotopic (exact) mass is 364 g/mol. The fourth-order valence-corrected chi connectivity index (χ4v) is 2.69. The van der Waals surface area contributed by atoms with Gasteiger partial charge in [-0.25, -0.2) is 4.79 Å². The Bertz CT molecular complexity index is 891. The van der Waals surface area contributed by atoms with Crippen LogP contribution in [-0.4, -0.2) is 23.6 Å². The fourth-order valence-electron chi connectivity index (χ4n) is 2.69. The number of esters is 1. The summed E-state index contributed by atoms with van der Waals surface area (Å²) in [5.74, 6) is -1.13. The first-order valence-electron chi connectivity index (χ1n) is 8.60. The van der Waals surface area contributed by atoms with Crippen molar-refractivity contribution in [3.8, 4) is 0 Å². The molecule has 0 aliphatic heterocycles. The number of rotatable bonds is 7. The molecule has 1 unspecified atom stereocenters. The standard InChI is InChI=1S/C21H20N2O4/c1-15-12-19(27-23-15)21(25)26-14-20(24)22-18(17-10-6-3-7-11-17)13-16-8-4-2-5-9-16/h2-12,18H,13-14H2,1H3,(H,22,24). The quantitative estimate of drug-likeness (QED) is 0.651. The van der Waals surface area contributed by atoms with Crippen molar-refractivity contribution in [3.63, 3.8) is 0 Å². The zero-order valence-corrected chi connectivity index (χ0v) is 14.9. The maximum Gasteiger partial charge on any atom is 0.377 e. The largest absolute Gasteiger partial charge is 0.450 e. The molecule has 6 heteroatoms. The molecule has 3 rings (SSSR count). The van der Waals surface area contributed by atoms with Gasteiger partial charge in [-0.2, -0.15) is 0 Å². The maximum absolute atomic E-state index is 12.3. The van der Waals surface area contributed by atoms with Crippen LogP contribution in [0.1, 0.15) is 33.4 Å². The molecule has 0 bridgehead atoms. The zero-order chi connectivity index (χ0) is 19.1. The highest BCUT2D eigenvalue weighted by molar-refractivity contribution is 5.88. The fraction of sp³-hybridized carbons (Fsp3) is 0.190. The second-order valence-electron chi connectivity index (χ2n) is 6.13. The van der Waals surface area contributed by atoms with E-state index < -0.39 is 12.6 Å². The van der Waals surface area contributed by atoms with Gasteiger partial charge in [-0.05, 0) is 24.5 Å². The zero-order valence-electron chi connectivity index (χ0n) is 14.9. The van der Waals surface area contributed by atoms with Crippen LogP contribution in [0.4, 0.5) is 0 Å². The number of hydrogen-bond acceptors (Lipinski definition) is 5. The number of hydrogen-bond donors (Lipinski definition) is 1. The highest BCUT2D eigenvalue weighted by Gasteiger charge is 2.18. The van der Waals surface area contributed by atoms with E-state index in [0.717, 1.165) is 11.1 Å². The van der Waals surface area contributed by atoms with Crippen molar-refractivity contribution in [2.45, 2.75) is 19.4 Å². The van der Waals surface area contributed by atoms with Gasteiger partial charge < -0.3 is 14.6 Å². The molecule has 2 aromatic carbocycles. The summed E-state index contributed by atoms with van der Waals surface area (Å²) in [6.45, 7) is 1.30. The second kappa shape index (κ2) is 8.80. The molecule has 1 atom stereocenters. The molecular weight excluding hydrogens is 344 g/mol. The summed E-state index contributed by atoms with van der Waals surface area (Å²) in [6.07, 6.45) is 0.631. The Kier molecular flexibility index (Phi) is 5.99. The Morgan fingerprint density at radius 1 is 1.07 bits per heavy atom. The number of aryl methyl sites for hydroxylation is 1. The average Bonchev–Trinajstić information content (AvgIpc) is 3.13. The predicted octanol–water partition coefficient (Wildman–Crippen LogP) is 3.24. The molecule has 27 heavy (non-hydrogen) atoms. The molecule has 0 saturated heterocycles. The number of nitrogens with one attached hydrogen (secondary N) is 1. The van der Waals surface area contributed by atoms with Crippen molar-refractivity contribution in [1.82, 2.24) is 10.5 Å². The van der Waals surface area contributed by atoms with Crippen LogP contribution < -0.4 is 5.32 Å². The van der Waals surface area contributed by atoms with Crippen LogP contribution in [0.15, 0.2) is 71.3 Å². The van der Waals surface area contributed by atoms with Crippen LogP contribution in [-0.2, 0) is 16.0 Å². The molecule has 3 aromatic rings. The molecule has 0 radical (unpaired) electrons. The summed E-state index contributed by atoms with van der Waals surface area (Å²) in [6, 6.07) is 20.8. The summed E-state index contributed by atoms with van der Waals surface area (Å²) < 4.78 is 9.84. The van der Waals surface area contributed by atoms with E-state index in [4.69, 9.17) is 9.26 Å². The highest BCUT2D eigenvalue weighted by Crippen LogP contribution is 2.18. The third-order valence-electron chi connectivity index (χ3n) is 3.98. The highest BCUT2D eigenvalue weighted by atomic mass is 16.6. The summed E-state index contributed by atoms with van der Waals surface area (Å²) in [5, 5.41) is 6.55. The van der Waals surface area contributed by atoms with Crippen molar-refractivity contribution < 1.29 is 18.8 Å². The van der Waals surface area contributed by atoms with E-state index in [1.807, 2.05) is 60.7 Å². The number of benzene rings is 2. The van der Waals surface area contributed by atoms with Gasteiger partial charge >= 0.3 is 5.97 Å². The van der Waals surface area contributed by atoms with Crippen LogP contribution in [0.25, 0.3) is 0 Å². The molecule has 0 saturated carbocycles. The molecule has 138 valence electrons. The Labute approximate surface area is 157 Å². The van der Waals surface area contributed by atoms with Gasteiger partial charge in [-0.3, -0.25) is 4.79 Å². The summed E-state index contributed by atoms with van der Waals surface area (Å²) in [4.78, 5) is 24.2. The van der Waals surface area contributed by atoms with Crippen molar-refractivity contribution in [1.29, 1.82) is 0 Å². The van der Waals surface area contributed by atoms with Crippen molar-refractivity contribution >= 4 is 11.9 Å². The Morgan fingerprint density at radius 3 is 2.37 bits per heavy atom. The molecule has 0 fully saturated rings. The van der Waals surface area contributed by atoms with E-state index >= 15 is 0 Å². The topological polar surface area (TPSA) is 81.4 Å². The van der Waals surface area contributed by atoms with Crippen LogP contribution in [0, 0.1) is 6.92 Å². The molecule has 1 N–H and O–H groups in total. The van der Waals surface area contributed by atoms with Gasteiger partial charge in [0.25, 0.3) is 5.91 Å². The normalized spacial score (nSPS) is 11.6. The van der Waals surface area contributed by atoms with Gasteiger partial charge in [0.15, 0.2) is 6.61 Å². The van der Waals surface area contributed by atoms with Crippen LogP contribution in [0.5, 0.6) is 0 Å². The molecule has 1 amide bonds. The van der Waals surface area contributed by atoms with Crippen molar-refractivity contribution in [2.75, 3.05) is 6.61 Å². The number of aromatic nitrogens is 1. The van der Waals surface area contributed by atoms with Gasteiger partial charge in [-0.1, -0.05) is 65.8 Å². The first-order valence-corrected chi connectivity index (χ1v) is 8.60. The molecule has 0 spiro atoms. The predicted molar refractivity (Wildman–Crippen MR) is 99.0 cm³/mol. The minimum absolute atomic E-state index is 0.0239. The second-order valence-corrected chi connectivity index (χ2v) is 6.13. The van der Waals surface area contributed by atoms with Crippen molar-refractivity contribution in [2.24, 2.45) is 0 Å². The Balaban J connectivity index is 1.62. The van der Waals surface area contributed by atoms with E-state index in [1.54, 1.807) is 6.92 Å². The molecular formula is C21H20N2O4. The van der Waals surface area contributed by atoms with Gasteiger partial charge in [0.1, 0.15) is 0 Å². The number of ether oxygens (including phenoxy) is 1. The van der Waals surface area contributed by atoms with E-state index in [-0.39, 0.29) is 17.7 Å². The maximum atomic E-state index is 12.3. The summed E-state index contributed by atoms with van der Waals surface area (Å²) in [7, 11) is 0. The smallest absolute Gasteiger partial charge is 0.377 e. The van der Waals surface area contributed by atoms with Crippen molar-refractivity contribution in [3.05, 3.63) is 89.3 Å². The number of carbonyl (C=O) groups excluding carboxylic acids is 2.